The van der Waals surface area contributed by atoms with Gasteiger partial charge < -0.3 is 85.3 Å². The van der Waals surface area contributed by atoms with E-state index in [1.165, 1.54) is 0 Å². The van der Waals surface area contributed by atoms with E-state index in [4.69, 9.17) is 18.9 Å². The molecule has 0 spiro atoms. The fourth-order valence-electron chi connectivity index (χ4n) is 4.53. The van der Waals surface area contributed by atoms with Crippen molar-refractivity contribution in [3.8, 4) is 0 Å². The molecule has 3 aliphatic heterocycles. The second kappa shape index (κ2) is 10.2. The predicted octanol–water partition coefficient (Wildman–Crippen LogP) is -8.86. The number of hydrogen-bond acceptors (Lipinski definition) is 17. The van der Waals surface area contributed by atoms with Crippen molar-refractivity contribution in [2.24, 2.45) is 0 Å². The summed E-state index contributed by atoms with van der Waals surface area (Å²) >= 11 is 0. The smallest absolute Gasteiger partial charge is 0.232 e. The summed E-state index contributed by atoms with van der Waals surface area (Å²) in [7, 11) is 0. The predicted molar refractivity (Wildman–Crippen MR) is 103 cm³/mol. The van der Waals surface area contributed by atoms with E-state index in [-0.39, 0.29) is 0 Å². The number of ether oxygens (including phenoxy) is 4. The van der Waals surface area contributed by atoms with Crippen LogP contribution in [0.1, 0.15) is 0 Å². The van der Waals surface area contributed by atoms with Crippen LogP contribution in [0.15, 0.2) is 0 Å². The van der Waals surface area contributed by atoms with Crippen LogP contribution >= 0.6 is 0 Å². The maximum absolute atomic E-state index is 11.5. The Morgan fingerprint density at radius 3 is 1.60 bits per heavy atom. The van der Waals surface area contributed by atoms with Crippen molar-refractivity contribution in [2.45, 2.75) is 84.5 Å². The van der Waals surface area contributed by atoms with E-state index in [1.807, 2.05) is 0 Å². The third-order valence-corrected chi connectivity index (χ3v) is 6.75. The van der Waals surface area contributed by atoms with Crippen molar-refractivity contribution in [3.63, 3.8) is 0 Å². The van der Waals surface area contributed by atoms with Crippen LogP contribution in [0.5, 0.6) is 0 Å². The number of hydrogen-bond donors (Lipinski definition) is 13. The molecule has 0 aromatic heterocycles. The SMILES string of the molecule is OC[C@H]1OC(O)([C@]2(O)[C@@H](OC3(CO)O[C@H](CO)[C@@H](O)[C@@H]3O)O[C@H](CO)[C@@H](O)[C@@H]2O)[C@H](O)[C@@H](O)[C@H]1O. The standard InChI is InChI=1S/C18H32O17/c19-1-5-9(24)13(28)17(30,18(31)14(29)11(26)8(23)6(2-20)34-18)15(32-5)35-16(4-22)12(27)10(25)7(3-21)33-16/h5-15,19-31H,1-4H2/t5-,6-,7-,8+,9-,10-,11+,12+,13+,14-,15-,16?,17-,18?/m1/s1. The van der Waals surface area contributed by atoms with Crippen LogP contribution in [0, 0.1) is 0 Å². The Hall–Kier alpha value is -0.680. The summed E-state index contributed by atoms with van der Waals surface area (Å²) < 4.78 is 20.8. The molecule has 0 bridgehead atoms. The lowest BCUT2D eigenvalue weighted by Gasteiger charge is -2.58. The first-order valence-electron chi connectivity index (χ1n) is 10.6. The van der Waals surface area contributed by atoms with Gasteiger partial charge in [-0.3, -0.25) is 0 Å². The molecule has 0 aliphatic carbocycles. The minimum absolute atomic E-state index is 0.881. The normalized spacial score (nSPS) is 55.3. The molecule has 3 heterocycles. The summed E-state index contributed by atoms with van der Waals surface area (Å²) in [5.41, 5.74) is -3.57. The van der Waals surface area contributed by atoms with E-state index < -0.39 is 111 Å². The summed E-state index contributed by atoms with van der Waals surface area (Å²) in [5, 5.41) is 133. The Balaban J connectivity index is 2.10. The summed E-state index contributed by atoms with van der Waals surface area (Å²) in [6, 6.07) is 0. The van der Waals surface area contributed by atoms with E-state index in [9.17, 15) is 66.4 Å². The van der Waals surface area contributed by atoms with Crippen molar-refractivity contribution < 1.29 is 85.3 Å². The molecule has 13 N–H and O–H groups in total. The lowest BCUT2D eigenvalue weighted by atomic mass is 9.74. The van der Waals surface area contributed by atoms with Gasteiger partial charge in [-0.2, -0.15) is 0 Å². The molecule has 3 saturated heterocycles. The molecule has 3 aliphatic rings. The molecule has 14 atom stereocenters. The highest BCUT2D eigenvalue weighted by molar-refractivity contribution is 5.15. The van der Waals surface area contributed by atoms with Gasteiger partial charge in [0, 0.05) is 0 Å². The Morgan fingerprint density at radius 1 is 0.600 bits per heavy atom. The first kappa shape index (κ1) is 28.9. The van der Waals surface area contributed by atoms with Crippen LogP contribution in [0.4, 0.5) is 0 Å². The number of rotatable bonds is 7. The average Bonchev–Trinajstić information content (AvgIpc) is 3.10. The highest BCUT2D eigenvalue weighted by Gasteiger charge is 2.74. The Labute approximate surface area is 197 Å². The molecule has 206 valence electrons. The molecule has 0 aromatic carbocycles. The van der Waals surface area contributed by atoms with Gasteiger partial charge in [0.15, 0.2) is 6.29 Å². The van der Waals surface area contributed by atoms with E-state index in [2.05, 4.69) is 0 Å². The maximum atomic E-state index is 11.5. The van der Waals surface area contributed by atoms with E-state index >= 15 is 0 Å². The van der Waals surface area contributed by atoms with Crippen molar-refractivity contribution in [2.75, 3.05) is 26.4 Å². The largest absolute Gasteiger partial charge is 0.394 e. The van der Waals surface area contributed by atoms with Crippen LogP contribution in [-0.2, 0) is 18.9 Å². The third kappa shape index (κ3) is 4.19. The third-order valence-electron chi connectivity index (χ3n) is 6.75. The summed E-state index contributed by atoms with van der Waals surface area (Å²) in [4.78, 5) is 0. The van der Waals surface area contributed by atoms with Crippen LogP contribution in [0.25, 0.3) is 0 Å². The van der Waals surface area contributed by atoms with Gasteiger partial charge in [0.25, 0.3) is 0 Å². The maximum Gasteiger partial charge on any atom is 0.232 e. The van der Waals surface area contributed by atoms with Gasteiger partial charge in [0.2, 0.25) is 17.2 Å². The Morgan fingerprint density at radius 2 is 1.11 bits per heavy atom. The number of aliphatic hydroxyl groups is 13. The quantitative estimate of drug-likeness (QED) is 0.148. The van der Waals surface area contributed by atoms with Gasteiger partial charge in [-0.15, -0.1) is 0 Å². The lowest BCUT2D eigenvalue weighted by Crippen LogP contribution is -2.83. The molecule has 2 unspecified atom stereocenters. The molecule has 0 radical (unpaired) electrons. The van der Waals surface area contributed by atoms with Crippen LogP contribution < -0.4 is 0 Å². The van der Waals surface area contributed by atoms with E-state index in [0.29, 0.717) is 0 Å². The lowest BCUT2D eigenvalue weighted by molar-refractivity contribution is -0.483. The summed E-state index contributed by atoms with van der Waals surface area (Å²) in [5.74, 6) is -6.31. The van der Waals surface area contributed by atoms with Crippen molar-refractivity contribution in [1.82, 2.24) is 0 Å². The van der Waals surface area contributed by atoms with Gasteiger partial charge in [-0.25, -0.2) is 0 Å². The highest BCUT2D eigenvalue weighted by atomic mass is 16.8. The highest BCUT2D eigenvalue weighted by Crippen LogP contribution is 2.47. The van der Waals surface area contributed by atoms with Crippen LogP contribution in [-0.4, -0.2) is 177 Å². The molecule has 3 rings (SSSR count). The molecule has 17 nitrogen and oxygen atoms in total. The molecular weight excluding hydrogens is 488 g/mol. The molecule has 17 heteroatoms. The zero-order chi connectivity index (χ0) is 26.5. The number of aliphatic hydroxyl groups excluding tert-OH is 11. The average molecular weight is 520 g/mol. The molecule has 3 fully saturated rings. The minimum atomic E-state index is -3.60. The zero-order valence-electron chi connectivity index (χ0n) is 18.1. The zero-order valence-corrected chi connectivity index (χ0v) is 18.1. The van der Waals surface area contributed by atoms with E-state index in [0.717, 1.165) is 0 Å². The molecule has 0 aromatic rings. The second-order valence-corrected chi connectivity index (χ2v) is 8.77. The van der Waals surface area contributed by atoms with Gasteiger partial charge in [-0.05, 0) is 0 Å². The van der Waals surface area contributed by atoms with Gasteiger partial charge >= 0.3 is 0 Å². The topological polar surface area (TPSA) is 300 Å². The van der Waals surface area contributed by atoms with Gasteiger partial charge in [-0.1, -0.05) is 0 Å². The van der Waals surface area contributed by atoms with E-state index in [1.54, 1.807) is 0 Å². The first-order valence-corrected chi connectivity index (χ1v) is 10.6. The summed E-state index contributed by atoms with van der Waals surface area (Å²) in [6.07, 6.45) is -23.6. The van der Waals surface area contributed by atoms with Crippen LogP contribution in [0.2, 0.25) is 0 Å². The van der Waals surface area contributed by atoms with Crippen molar-refractivity contribution >= 4 is 0 Å². The van der Waals surface area contributed by atoms with Gasteiger partial charge in [0.05, 0.1) is 19.8 Å². The van der Waals surface area contributed by atoms with Crippen molar-refractivity contribution in [3.05, 3.63) is 0 Å². The molecule has 0 saturated carbocycles. The fourth-order valence-corrected chi connectivity index (χ4v) is 4.53. The first-order chi connectivity index (χ1) is 16.3. The molecular formula is C18H32O17. The Bertz CT molecular complexity index is 727. The summed E-state index contributed by atoms with van der Waals surface area (Å²) in [6.45, 7) is -4.27. The second-order valence-electron chi connectivity index (χ2n) is 8.77. The minimum Gasteiger partial charge on any atom is -0.394 e. The van der Waals surface area contributed by atoms with Gasteiger partial charge in [0.1, 0.15) is 67.6 Å². The monoisotopic (exact) mass is 520 g/mol. The fraction of sp³-hybridized carbons (Fsp3) is 1.00. The van der Waals surface area contributed by atoms with Crippen molar-refractivity contribution in [1.29, 1.82) is 0 Å². The van der Waals surface area contributed by atoms with Crippen LogP contribution in [0.3, 0.4) is 0 Å². The molecule has 0 amide bonds. The molecule has 35 heavy (non-hydrogen) atoms. The Kier molecular flexibility index (Phi) is 8.45.